The van der Waals surface area contributed by atoms with E-state index in [1.807, 2.05) is 0 Å². The molecule has 14 nitrogen and oxygen atoms in total. The molecule has 0 aliphatic rings. The number of carbonyl (C=O) groups is 4. The number of rotatable bonds is 15. The molecule has 0 aliphatic carbocycles. The quantitative estimate of drug-likeness (QED) is 0.0647. The molecule has 0 aromatic rings. The van der Waals surface area contributed by atoms with Crippen molar-refractivity contribution in [3.63, 3.8) is 0 Å². The fraction of sp³-hybridized carbons (Fsp3) is 0.722. The lowest BCUT2D eigenvalue weighted by Crippen LogP contribution is -2.59. The Kier molecular flexibility index (Phi) is 13.5. The van der Waals surface area contributed by atoms with E-state index >= 15 is 0 Å². The average Bonchev–Trinajstić information content (AvgIpc) is 2.71. The third kappa shape index (κ3) is 11.4. The van der Waals surface area contributed by atoms with Crippen LogP contribution < -0.4 is 33.2 Å². The number of carbonyl (C=O) groups excluding carboxylic acids is 3. The molecule has 0 saturated heterocycles. The lowest BCUT2D eigenvalue weighted by Gasteiger charge is -2.23. The SMILES string of the molecule is CC(C)CC(NC(=O)C(CO)NC(=O)C(CO)NC(=O)C(N)CCCN=C(N)N)C(=O)O. The molecule has 0 bridgehead atoms. The van der Waals surface area contributed by atoms with Gasteiger partial charge in [-0.05, 0) is 25.2 Å². The third-order valence-corrected chi connectivity index (χ3v) is 4.26. The zero-order valence-electron chi connectivity index (χ0n) is 18.3. The van der Waals surface area contributed by atoms with Crippen molar-refractivity contribution in [1.82, 2.24) is 16.0 Å². The van der Waals surface area contributed by atoms with E-state index < -0.39 is 61.1 Å². The summed E-state index contributed by atoms with van der Waals surface area (Å²) in [5.74, 6) is -3.99. The van der Waals surface area contributed by atoms with Gasteiger partial charge in [-0.3, -0.25) is 19.4 Å². The minimum Gasteiger partial charge on any atom is -0.480 e. The van der Waals surface area contributed by atoms with E-state index in [0.29, 0.717) is 6.42 Å². The summed E-state index contributed by atoms with van der Waals surface area (Å²) >= 11 is 0. The summed E-state index contributed by atoms with van der Waals surface area (Å²) in [7, 11) is 0. The molecule has 184 valence electrons. The smallest absolute Gasteiger partial charge is 0.326 e. The maximum atomic E-state index is 12.4. The molecule has 14 heteroatoms. The molecule has 0 heterocycles. The number of carboxylic acids is 1. The predicted octanol–water partition coefficient (Wildman–Crippen LogP) is -4.06. The number of aliphatic carboxylic acids is 1. The Bertz CT molecular complexity index is 668. The first kappa shape index (κ1) is 29.0. The highest BCUT2D eigenvalue weighted by molar-refractivity contribution is 5.94. The van der Waals surface area contributed by atoms with Gasteiger partial charge in [-0.25, -0.2) is 4.79 Å². The van der Waals surface area contributed by atoms with Crippen LogP contribution in [0.15, 0.2) is 4.99 Å². The van der Waals surface area contributed by atoms with E-state index in [4.69, 9.17) is 17.2 Å². The van der Waals surface area contributed by atoms with Gasteiger partial charge in [0.25, 0.3) is 0 Å². The van der Waals surface area contributed by atoms with E-state index in [2.05, 4.69) is 20.9 Å². The van der Waals surface area contributed by atoms with E-state index in [0.717, 1.165) is 0 Å². The maximum absolute atomic E-state index is 12.4. The second kappa shape index (κ2) is 14.9. The molecule has 0 aromatic heterocycles. The Hall–Kier alpha value is -2.97. The Balaban J connectivity index is 4.88. The summed E-state index contributed by atoms with van der Waals surface area (Å²) in [6, 6.07) is -5.15. The van der Waals surface area contributed by atoms with E-state index in [1.54, 1.807) is 13.8 Å². The molecule has 4 atom stereocenters. The first-order chi connectivity index (χ1) is 14.9. The Morgan fingerprint density at radius 3 is 1.75 bits per heavy atom. The summed E-state index contributed by atoms with van der Waals surface area (Å²) in [6.45, 7) is 2.17. The Labute approximate surface area is 186 Å². The summed E-state index contributed by atoms with van der Waals surface area (Å²) < 4.78 is 0. The number of nitrogens with two attached hydrogens (primary N) is 3. The number of aliphatic imine (C=N–C) groups is 1. The lowest BCUT2D eigenvalue weighted by atomic mass is 10.0. The number of amides is 3. The highest BCUT2D eigenvalue weighted by Gasteiger charge is 2.30. The standard InChI is InChI=1S/C18H35N7O7/c1-9(2)6-11(17(31)32)23-15(29)13(8-27)25-16(30)12(7-26)24-14(28)10(19)4-3-5-22-18(20)21/h9-13,26-27H,3-8,19H2,1-2H3,(H,23,29)(H,24,28)(H,25,30)(H,31,32)(H4,20,21,22). The van der Waals surface area contributed by atoms with Crippen LogP contribution in [-0.4, -0.2) is 88.9 Å². The van der Waals surface area contributed by atoms with E-state index in [1.165, 1.54) is 0 Å². The first-order valence-electron chi connectivity index (χ1n) is 10.1. The minimum absolute atomic E-state index is 0.0313. The zero-order valence-corrected chi connectivity index (χ0v) is 18.3. The van der Waals surface area contributed by atoms with Gasteiger partial charge in [0, 0.05) is 6.54 Å². The van der Waals surface area contributed by atoms with Crippen molar-refractivity contribution < 1.29 is 34.5 Å². The van der Waals surface area contributed by atoms with Crippen molar-refractivity contribution in [2.45, 2.75) is 57.3 Å². The van der Waals surface area contributed by atoms with Crippen molar-refractivity contribution in [2.24, 2.45) is 28.1 Å². The van der Waals surface area contributed by atoms with Gasteiger partial charge in [-0.2, -0.15) is 0 Å². The summed E-state index contributed by atoms with van der Waals surface area (Å²) in [4.78, 5) is 51.8. The van der Waals surface area contributed by atoms with Crippen molar-refractivity contribution in [3.05, 3.63) is 0 Å². The number of nitrogens with zero attached hydrogens (tertiary/aromatic N) is 1. The number of aliphatic hydroxyl groups excluding tert-OH is 2. The van der Waals surface area contributed by atoms with Crippen LogP contribution in [0.2, 0.25) is 0 Å². The number of aliphatic hydroxyl groups is 2. The lowest BCUT2D eigenvalue weighted by molar-refractivity contribution is -0.143. The number of hydrogen-bond acceptors (Lipinski definition) is 8. The summed E-state index contributed by atoms with van der Waals surface area (Å²) in [5, 5.41) is 34.8. The van der Waals surface area contributed by atoms with Crippen molar-refractivity contribution in [3.8, 4) is 0 Å². The van der Waals surface area contributed by atoms with Crippen LogP contribution in [0.4, 0.5) is 0 Å². The number of hydrogen-bond donors (Lipinski definition) is 9. The van der Waals surface area contributed by atoms with E-state index in [9.17, 15) is 34.5 Å². The van der Waals surface area contributed by atoms with Gasteiger partial charge < -0.3 is 48.5 Å². The first-order valence-corrected chi connectivity index (χ1v) is 10.1. The summed E-state index contributed by atoms with van der Waals surface area (Å²) in [6.07, 6.45) is 0.746. The molecule has 0 rings (SSSR count). The topological polar surface area (TPSA) is 255 Å². The fourth-order valence-electron chi connectivity index (χ4n) is 2.55. The highest BCUT2D eigenvalue weighted by Crippen LogP contribution is 2.05. The molecular formula is C18H35N7O7. The minimum atomic E-state index is -1.49. The molecule has 0 radical (unpaired) electrons. The average molecular weight is 462 g/mol. The van der Waals surface area contributed by atoms with Crippen LogP contribution in [0, 0.1) is 5.92 Å². The molecule has 0 aliphatic heterocycles. The normalized spacial score (nSPS) is 14.6. The Morgan fingerprint density at radius 1 is 0.875 bits per heavy atom. The molecule has 3 amide bonds. The Morgan fingerprint density at radius 2 is 1.34 bits per heavy atom. The predicted molar refractivity (Wildman–Crippen MR) is 115 cm³/mol. The molecule has 0 fully saturated rings. The van der Waals surface area contributed by atoms with Gasteiger partial charge in [0.1, 0.15) is 18.1 Å². The van der Waals surface area contributed by atoms with Crippen LogP contribution in [-0.2, 0) is 19.2 Å². The van der Waals surface area contributed by atoms with Gasteiger partial charge in [0.2, 0.25) is 17.7 Å². The van der Waals surface area contributed by atoms with Crippen LogP contribution in [0.5, 0.6) is 0 Å². The fourth-order valence-corrected chi connectivity index (χ4v) is 2.55. The van der Waals surface area contributed by atoms with Gasteiger partial charge >= 0.3 is 5.97 Å². The maximum Gasteiger partial charge on any atom is 0.326 e. The van der Waals surface area contributed by atoms with Gasteiger partial charge in [-0.15, -0.1) is 0 Å². The number of guanidine groups is 1. The molecule has 12 N–H and O–H groups in total. The second-order valence-corrected chi connectivity index (χ2v) is 7.57. The van der Waals surface area contributed by atoms with Gasteiger partial charge in [0.15, 0.2) is 5.96 Å². The van der Waals surface area contributed by atoms with Crippen LogP contribution in [0.1, 0.15) is 33.1 Å². The van der Waals surface area contributed by atoms with E-state index in [-0.39, 0.29) is 31.3 Å². The number of carboxylic acid groups (broad SMARTS) is 1. The highest BCUT2D eigenvalue weighted by atomic mass is 16.4. The van der Waals surface area contributed by atoms with Crippen molar-refractivity contribution in [2.75, 3.05) is 19.8 Å². The zero-order chi connectivity index (χ0) is 24.8. The van der Waals surface area contributed by atoms with Crippen LogP contribution >= 0.6 is 0 Å². The molecule has 0 saturated carbocycles. The van der Waals surface area contributed by atoms with Crippen molar-refractivity contribution >= 4 is 29.7 Å². The molecular weight excluding hydrogens is 426 g/mol. The van der Waals surface area contributed by atoms with Gasteiger partial charge in [0.05, 0.1) is 19.3 Å². The molecule has 0 spiro atoms. The molecule has 4 unspecified atom stereocenters. The monoisotopic (exact) mass is 461 g/mol. The second-order valence-electron chi connectivity index (χ2n) is 7.57. The third-order valence-electron chi connectivity index (χ3n) is 4.26. The van der Waals surface area contributed by atoms with Crippen molar-refractivity contribution in [1.29, 1.82) is 0 Å². The molecule has 0 aromatic carbocycles. The largest absolute Gasteiger partial charge is 0.480 e. The number of nitrogens with one attached hydrogen (secondary N) is 3. The van der Waals surface area contributed by atoms with Crippen LogP contribution in [0.3, 0.4) is 0 Å². The summed E-state index contributed by atoms with van der Waals surface area (Å²) in [5.41, 5.74) is 16.1. The van der Waals surface area contributed by atoms with Gasteiger partial charge in [-0.1, -0.05) is 13.8 Å². The van der Waals surface area contributed by atoms with Crippen LogP contribution in [0.25, 0.3) is 0 Å². The molecule has 32 heavy (non-hydrogen) atoms.